The fourth-order valence-electron chi connectivity index (χ4n) is 1.81. The minimum absolute atomic E-state index is 0.00108. The lowest BCUT2D eigenvalue weighted by atomic mass is 10.1. The van der Waals surface area contributed by atoms with Crippen molar-refractivity contribution in [3.63, 3.8) is 0 Å². The monoisotopic (exact) mass is 273 g/mol. The molecule has 0 fully saturated rings. The van der Waals surface area contributed by atoms with Gasteiger partial charge in [0.05, 0.1) is 23.3 Å². The molecule has 0 saturated carbocycles. The van der Waals surface area contributed by atoms with Gasteiger partial charge in [0.25, 0.3) is 5.69 Å². The van der Waals surface area contributed by atoms with E-state index in [0.717, 1.165) is 5.56 Å². The number of nitrogens with zero attached hydrogens (tertiary/aromatic N) is 2. The third-order valence-corrected chi connectivity index (χ3v) is 2.72. The minimum Gasteiger partial charge on any atom is -0.494 e. The van der Waals surface area contributed by atoms with Crippen molar-refractivity contribution in [2.24, 2.45) is 0 Å². The van der Waals surface area contributed by atoms with Gasteiger partial charge < -0.3 is 10.1 Å². The molecule has 6 heteroatoms. The molecule has 0 spiro atoms. The van der Waals surface area contributed by atoms with Gasteiger partial charge in [-0.05, 0) is 19.1 Å². The summed E-state index contributed by atoms with van der Waals surface area (Å²) in [6, 6.07) is 10.2. The second-order valence-electron chi connectivity index (χ2n) is 4.06. The van der Waals surface area contributed by atoms with E-state index in [1.165, 1.54) is 12.1 Å². The van der Waals surface area contributed by atoms with Gasteiger partial charge in [0, 0.05) is 18.7 Å². The number of hydrogen-bond donors (Lipinski definition) is 1. The standard InChI is InChI=1S/C14H15N3O3/c1-3-20-12-6-4-5-10(7-12)13-8-11(17(18)19)9-14(15-2)16-13/h4-9H,3H2,1-2H3,(H,15,16). The molecule has 2 rings (SSSR count). The van der Waals surface area contributed by atoms with E-state index in [9.17, 15) is 10.1 Å². The zero-order valence-corrected chi connectivity index (χ0v) is 11.3. The van der Waals surface area contributed by atoms with Gasteiger partial charge in [-0.2, -0.15) is 0 Å². The van der Waals surface area contributed by atoms with Crippen LogP contribution in [-0.4, -0.2) is 23.6 Å². The van der Waals surface area contributed by atoms with Gasteiger partial charge in [0.2, 0.25) is 0 Å². The first kappa shape index (κ1) is 13.8. The molecule has 20 heavy (non-hydrogen) atoms. The van der Waals surface area contributed by atoms with E-state index in [1.807, 2.05) is 31.2 Å². The first-order valence-corrected chi connectivity index (χ1v) is 6.21. The Kier molecular flexibility index (Phi) is 4.14. The zero-order chi connectivity index (χ0) is 14.5. The third kappa shape index (κ3) is 3.03. The smallest absolute Gasteiger partial charge is 0.275 e. The van der Waals surface area contributed by atoms with Crippen LogP contribution in [-0.2, 0) is 0 Å². The first-order valence-electron chi connectivity index (χ1n) is 6.21. The van der Waals surface area contributed by atoms with Crippen LogP contribution in [0.15, 0.2) is 36.4 Å². The highest BCUT2D eigenvalue weighted by Gasteiger charge is 2.12. The molecule has 0 amide bonds. The molecule has 2 aromatic rings. The van der Waals surface area contributed by atoms with E-state index in [0.29, 0.717) is 23.9 Å². The summed E-state index contributed by atoms with van der Waals surface area (Å²) in [6.07, 6.45) is 0. The van der Waals surface area contributed by atoms with Crippen LogP contribution in [0.3, 0.4) is 0 Å². The number of benzene rings is 1. The van der Waals surface area contributed by atoms with Crippen LogP contribution in [0, 0.1) is 10.1 Å². The van der Waals surface area contributed by atoms with Crippen LogP contribution in [0.2, 0.25) is 0 Å². The molecule has 0 aliphatic heterocycles. The van der Waals surface area contributed by atoms with Crippen LogP contribution < -0.4 is 10.1 Å². The molecule has 0 bridgehead atoms. The van der Waals surface area contributed by atoms with Crippen molar-refractivity contribution < 1.29 is 9.66 Å². The second kappa shape index (κ2) is 6.01. The summed E-state index contributed by atoms with van der Waals surface area (Å²) in [5, 5.41) is 13.8. The molecule has 0 atom stereocenters. The van der Waals surface area contributed by atoms with Gasteiger partial charge in [-0.3, -0.25) is 10.1 Å². The molecule has 0 unspecified atom stereocenters. The number of anilines is 1. The Morgan fingerprint density at radius 2 is 2.15 bits per heavy atom. The summed E-state index contributed by atoms with van der Waals surface area (Å²) in [5.74, 6) is 1.17. The Balaban J connectivity index is 2.48. The van der Waals surface area contributed by atoms with Crippen LogP contribution in [0.1, 0.15) is 6.92 Å². The summed E-state index contributed by atoms with van der Waals surface area (Å²) in [4.78, 5) is 14.8. The maximum absolute atomic E-state index is 10.9. The van der Waals surface area contributed by atoms with E-state index >= 15 is 0 Å². The van der Waals surface area contributed by atoms with Crippen molar-refractivity contribution in [2.45, 2.75) is 6.92 Å². The van der Waals surface area contributed by atoms with E-state index in [4.69, 9.17) is 4.74 Å². The zero-order valence-electron chi connectivity index (χ0n) is 11.3. The molecule has 1 aromatic heterocycles. The fourth-order valence-corrected chi connectivity index (χ4v) is 1.81. The Hall–Kier alpha value is -2.63. The van der Waals surface area contributed by atoms with Crippen LogP contribution in [0.4, 0.5) is 11.5 Å². The van der Waals surface area contributed by atoms with Crippen molar-refractivity contribution >= 4 is 11.5 Å². The lowest BCUT2D eigenvalue weighted by Gasteiger charge is -2.07. The normalized spacial score (nSPS) is 10.1. The molecule has 0 aliphatic rings. The summed E-state index contributed by atoms with van der Waals surface area (Å²) < 4.78 is 5.42. The van der Waals surface area contributed by atoms with Gasteiger partial charge in [-0.25, -0.2) is 4.98 Å². The van der Waals surface area contributed by atoms with Gasteiger partial charge in [0.1, 0.15) is 11.6 Å². The Labute approximate surface area is 116 Å². The summed E-state index contributed by atoms with van der Waals surface area (Å²) in [5.41, 5.74) is 1.31. The molecular weight excluding hydrogens is 258 g/mol. The highest BCUT2D eigenvalue weighted by atomic mass is 16.6. The highest BCUT2D eigenvalue weighted by Crippen LogP contribution is 2.27. The SMILES string of the molecule is CCOc1cccc(-c2cc([N+](=O)[O-])cc(NC)n2)c1. The van der Waals surface area contributed by atoms with Crippen molar-refractivity contribution in [3.8, 4) is 17.0 Å². The van der Waals surface area contributed by atoms with E-state index in [2.05, 4.69) is 10.3 Å². The van der Waals surface area contributed by atoms with E-state index in [1.54, 1.807) is 7.05 Å². The maximum Gasteiger partial charge on any atom is 0.275 e. The predicted octanol–water partition coefficient (Wildman–Crippen LogP) is 3.10. The number of rotatable bonds is 5. The van der Waals surface area contributed by atoms with Gasteiger partial charge in [-0.1, -0.05) is 12.1 Å². The van der Waals surface area contributed by atoms with Crippen LogP contribution in [0.25, 0.3) is 11.3 Å². The number of nitro groups is 1. The largest absolute Gasteiger partial charge is 0.494 e. The topological polar surface area (TPSA) is 77.3 Å². The second-order valence-corrected chi connectivity index (χ2v) is 4.06. The average Bonchev–Trinajstić information content (AvgIpc) is 2.47. The lowest BCUT2D eigenvalue weighted by molar-refractivity contribution is -0.384. The fraction of sp³-hybridized carbons (Fsp3) is 0.214. The molecule has 0 radical (unpaired) electrons. The Bertz CT molecular complexity index is 629. The average molecular weight is 273 g/mol. The first-order chi connectivity index (χ1) is 9.63. The number of hydrogen-bond acceptors (Lipinski definition) is 5. The molecule has 6 nitrogen and oxygen atoms in total. The summed E-state index contributed by atoms with van der Waals surface area (Å²) >= 11 is 0. The molecular formula is C14H15N3O3. The highest BCUT2D eigenvalue weighted by molar-refractivity contribution is 5.66. The molecule has 104 valence electrons. The van der Waals surface area contributed by atoms with Crippen molar-refractivity contribution in [1.82, 2.24) is 4.98 Å². The maximum atomic E-state index is 10.9. The third-order valence-electron chi connectivity index (χ3n) is 2.72. The van der Waals surface area contributed by atoms with Gasteiger partial charge in [0.15, 0.2) is 0 Å². The molecule has 1 heterocycles. The lowest BCUT2D eigenvalue weighted by Crippen LogP contribution is -1.98. The molecule has 1 aromatic carbocycles. The summed E-state index contributed by atoms with van der Waals surface area (Å²) in [6.45, 7) is 2.46. The minimum atomic E-state index is -0.432. The molecule has 0 aliphatic carbocycles. The molecule has 1 N–H and O–H groups in total. The quantitative estimate of drug-likeness (QED) is 0.669. The van der Waals surface area contributed by atoms with Crippen molar-refractivity contribution in [2.75, 3.05) is 19.0 Å². The van der Waals surface area contributed by atoms with Crippen LogP contribution >= 0.6 is 0 Å². The van der Waals surface area contributed by atoms with Gasteiger partial charge >= 0.3 is 0 Å². The molecule has 0 saturated heterocycles. The number of ether oxygens (including phenoxy) is 1. The predicted molar refractivity (Wildman–Crippen MR) is 77.0 cm³/mol. The Morgan fingerprint density at radius 3 is 2.80 bits per heavy atom. The number of pyridine rings is 1. The Morgan fingerprint density at radius 1 is 1.35 bits per heavy atom. The summed E-state index contributed by atoms with van der Waals surface area (Å²) in [7, 11) is 1.67. The number of nitrogens with one attached hydrogen (secondary N) is 1. The van der Waals surface area contributed by atoms with Crippen molar-refractivity contribution in [1.29, 1.82) is 0 Å². The van der Waals surface area contributed by atoms with E-state index in [-0.39, 0.29) is 5.69 Å². The van der Waals surface area contributed by atoms with Crippen molar-refractivity contribution in [3.05, 3.63) is 46.5 Å². The van der Waals surface area contributed by atoms with Gasteiger partial charge in [-0.15, -0.1) is 0 Å². The van der Waals surface area contributed by atoms with Crippen LogP contribution in [0.5, 0.6) is 5.75 Å². The van der Waals surface area contributed by atoms with E-state index < -0.39 is 4.92 Å². The number of aromatic nitrogens is 1.